The van der Waals surface area contributed by atoms with E-state index in [0.717, 1.165) is 27.7 Å². The van der Waals surface area contributed by atoms with E-state index in [-0.39, 0.29) is 23.9 Å². The molecule has 0 spiro atoms. The van der Waals surface area contributed by atoms with E-state index < -0.39 is 5.60 Å². The Kier molecular flexibility index (Phi) is 7.85. The standard InChI is InChI=1S/C26H32N6O4S2/c1-16-23(38-17(2)30-16)21(27-3)14-37-15-29-22-5-4-18(11-28-22)24(33)32-19-10-20(32)13-31(12-19)25(34)26(35)6-8-36-9-7-26/h4-5,11,14,19-20,35H,3,6-10,12-13,15H2,1-2H3,(H,28,29)/b21-14-/t19-,20+. The van der Waals surface area contributed by atoms with E-state index in [1.807, 2.05) is 24.2 Å². The fourth-order valence-corrected chi connectivity index (χ4v) is 6.90. The van der Waals surface area contributed by atoms with Crippen molar-refractivity contribution in [2.24, 2.45) is 4.99 Å². The van der Waals surface area contributed by atoms with E-state index in [1.165, 1.54) is 0 Å². The Morgan fingerprint density at radius 3 is 2.66 bits per heavy atom. The lowest BCUT2D eigenvalue weighted by Crippen LogP contribution is -2.72. The summed E-state index contributed by atoms with van der Waals surface area (Å²) in [6.45, 7) is 9.29. The highest BCUT2D eigenvalue weighted by Gasteiger charge is 2.51. The third kappa shape index (κ3) is 5.35. The number of carbonyl (C=O) groups excluding carboxylic acids is 2. The molecule has 0 saturated carbocycles. The molecule has 202 valence electrons. The van der Waals surface area contributed by atoms with Gasteiger partial charge in [0.05, 0.1) is 44.8 Å². The normalized spacial score (nSPS) is 22.6. The predicted molar refractivity (Wildman–Crippen MR) is 149 cm³/mol. The monoisotopic (exact) mass is 556 g/mol. The minimum atomic E-state index is -1.35. The number of aliphatic imine (C=N–C) groups is 1. The van der Waals surface area contributed by atoms with Crippen molar-refractivity contribution in [3.05, 3.63) is 44.9 Å². The Hall–Kier alpha value is -2.80. The third-order valence-electron chi connectivity index (χ3n) is 7.28. The van der Waals surface area contributed by atoms with Gasteiger partial charge in [-0.1, -0.05) is 0 Å². The van der Waals surface area contributed by atoms with Crippen LogP contribution in [0.4, 0.5) is 5.82 Å². The minimum absolute atomic E-state index is 0.0340. The van der Waals surface area contributed by atoms with Gasteiger partial charge in [0.25, 0.3) is 11.8 Å². The topological polar surface area (TPSA) is 120 Å². The first-order chi connectivity index (χ1) is 18.3. The summed E-state index contributed by atoms with van der Waals surface area (Å²) in [5.74, 6) is 0.942. The number of rotatable bonds is 8. The number of piperazine rings is 1. The van der Waals surface area contributed by atoms with Crippen molar-refractivity contribution in [3.8, 4) is 0 Å². The maximum absolute atomic E-state index is 13.2. The first kappa shape index (κ1) is 26.8. The summed E-state index contributed by atoms with van der Waals surface area (Å²) < 4.78 is 5.30. The molecule has 0 aromatic carbocycles. The fourth-order valence-electron chi connectivity index (χ4n) is 5.27. The predicted octanol–water partition coefficient (Wildman–Crippen LogP) is 2.92. The van der Waals surface area contributed by atoms with Gasteiger partial charge in [-0.15, -0.1) is 23.1 Å². The van der Waals surface area contributed by atoms with Gasteiger partial charge in [0.2, 0.25) is 0 Å². The van der Waals surface area contributed by atoms with Crippen LogP contribution < -0.4 is 5.32 Å². The second-order valence-corrected chi connectivity index (χ2v) is 11.9. The van der Waals surface area contributed by atoms with E-state index in [9.17, 15) is 14.7 Å². The molecule has 4 aliphatic heterocycles. The lowest BCUT2D eigenvalue weighted by atomic mass is 9.84. The highest BCUT2D eigenvalue weighted by atomic mass is 32.2. The van der Waals surface area contributed by atoms with Gasteiger partial charge in [0.15, 0.2) is 0 Å². The number of amides is 2. The van der Waals surface area contributed by atoms with Crippen LogP contribution in [0.1, 0.15) is 45.2 Å². The lowest BCUT2D eigenvalue weighted by molar-refractivity contribution is -0.169. The minimum Gasteiger partial charge on any atom is -0.381 e. The van der Waals surface area contributed by atoms with Crippen molar-refractivity contribution < 1.29 is 19.4 Å². The Balaban J connectivity index is 1.12. The molecule has 0 unspecified atom stereocenters. The van der Waals surface area contributed by atoms with Gasteiger partial charge in [-0.05, 0) is 44.5 Å². The number of anilines is 1. The molecule has 2 N–H and O–H groups in total. The number of thiazole rings is 1. The van der Waals surface area contributed by atoms with Crippen LogP contribution in [0, 0.1) is 13.8 Å². The van der Waals surface area contributed by atoms with Gasteiger partial charge in [-0.3, -0.25) is 14.6 Å². The molecule has 2 amide bonds. The van der Waals surface area contributed by atoms with Crippen LogP contribution in [0.2, 0.25) is 0 Å². The van der Waals surface area contributed by atoms with Gasteiger partial charge in [-0.2, -0.15) is 0 Å². The Labute approximate surface area is 230 Å². The molecule has 0 aliphatic carbocycles. The van der Waals surface area contributed by atoms with Gasteiger partial charge >= 0.3 is 0 Å². The fraction of sp³-hybridized carbons (Fsp3) is 0.500. The summed E-state index contributed by atoms with van der Waals surface area (Å²) in [4.78, 5) is 43.7. The Bertz CT molecular complexity index is 1230. The van der Waals surface area contributed by atoms with Crippen LogP contribution in [0.5, 0.6) is 0 Å². The smallest absolute Gasteiger partial charge is 0.256 e. The maximum Gasteiger partial charge on any atom is 0.256 e. The Morgan fingerprint density at radius 2 is 2.05 bits per heavy atom. The highest BCUT2D eigenvalue weighted by Crippen LogP contribution is 2.36. The molecule has 4 fully saturated rings. The number of piperidine rings is 1. The number of carbonyl (C=O) groups is 2. The van der Waals surface area contributed by atoms with Crippen molar-refractivity contribution in [2.45, 2.75) is 50.8 Å². The molecule has 6 rings (SSSR count). The van der Waals surface area contributed by atoms with Crippen LogP contribution in [-0.2, 0) is 9.53 Å². The number of ether oxygens (including phenoxy) is 1. The highest BCUT2D eigenvalue weighted by molar-refractivity contribution is 8.02. The quantitative estimate of drug-likeness (QED) is 0.289. The summed E-state index contributed by atoms with van der Waals surface area (Å²) in [6, 6.07) is 3.51. The van der Waals surface area contributed by atoms with Gasteiger partial charge in [0, 0.05) is 45.3 Å². The molecule has 0 radical (unpaired) electrons. The molecule has 38 heavy (non-hydrogen) atoms. The molecule has 10 nitrogen and oxygen atoms in total. The van der Waals surface area contributed by atoms with E-state index >= 15 is 0 Å². The van der Waals surface area contributed by atoms with Gasteiger partial charge in [-0.25, -0.2) is 9.97 Å². The van der Waals surface area contributed by atoms with Crippen LogP contribution in [-0.4, -0.2) is 93.3 Å². The molecule has 4 saturated heterocycles. The number of hydrogen-bond donors (Lipinski definition) is 2. The summed E-state index contributed by atoms with van der Waals surface area (Å²) >= 11 is 3.14. The first-order valence-corrected chi connectivity index (χ1v) is 14.5. The molecule has 2 atom stereocenters. The van der Waals surface area contributed by atoms with Crippen LogP contribution in [0.25, 0.3) is 5.70 Å². The van der Waals surface area contributed by atoms with E-state index in [4.69, 9.17) is 4.74 Å². The van der Waals surface area contributed by atoms with E-state index in [1.54, 1.807) is 46.3 Å². The number of nitrogens with one attached hydrogen (secondary N) is 1. The van der Waals surface area contributed by atoms with Crippen LogP contribution in [0.3, 0.4) is 0 Å². The van der Waals surface area contributed by atoms with Gasteiger partial charge < -0.3 is 25.0 Å². The maximum atomic E-state index is 13.2. The summed E-state index contributed by atoms with van der Waals surface area (Å²) in [5, 5.41) is 17.0. The number of nitrogens with zero attached hydrogens (tertiary/aromatic N) is 5. The number of aliphatic hydroxyl groups is 1. The molecule has 4 aliphatic rings. The number of pyridine rings is 1. The summed E-state index contributed by atoms with van der Waals surface area (Å²) in [5.41, 5.74) is 0.926. The molecule has 12 heteroatoms. The number of aromatic nitrogens is 2. The lowest BCUT2D eigenvalue weighted by Gasteiger charge is -2.57. The number of aryl methyl sites for hydroxylation is 2. The van der Waals surface area contributed by atoms with Crippen molar-refractivity contribution in [3.63, 3.8) is 0 Å². The molecule has 6 heterocycles. The van der Waals surface area contributed by atoms with Crippen LogP contribution in [0.15, 0.2) is 28.7 Å². The van der Waals surface area contributed by atoms with Gasteiger partial charge in [0.1, 0.15) is 11.4 Å². The second-order valence-electron chi connectivity index (χ2n) is 9.84. The largest absolute Gasteiger partial charge is 0.381 e. The summed E-state index contributed by atoms with van der Waals surface area (Å²) in [6.07, 6.45) is 3.10. The second kappa shape index (κ2) is 11.1. The zero-order valence-electron chi connectivity index (χ0n) is 21.6. The summed E-state index contributed by atoms with van der Waals surface area (Å²) in [7, 11) is 0. The van der Waals surface area contributed by atoms with Crippen molar-refractivity contribution in [1.29, 1.82) is 0 Å². The molecule has 2 aromatic rings. The van der Waals surface area contributed by atoms with E-state index in [2.05, 4.69) is 27.0 Å². The number of thioether (sulfide) groups is 1. The average Bonchev–Trinajstić information content (AvgIpc) is 3.26. The van der Waals surface area contributed by atoms with Crippen molar-refractivity contribution >= 4 is 53.1 Å². The average molecular weight is 557 g/mol. The molecule has 2 bridgehead atoms. The zero-order chi connectivity index (χ0) is 26.9. The van der Waals surface area contributed by atoms with E-state index in [0.29, 0.717) is 56.4 Å². The molecular weight excluding hydrogens is 524 g/mol. The number of hydrogen-bond acceptors (Lipinski definition) is 10. The zero-order valence-corrected chi connectivity index (χ0v) is 23.2. The first-order valence-electron chi connectivity index (χ1n) is 12.6. The number of fused-ring (bicyclic) bond motifs is 2. The SMILES string of the molecule is C=N/C(=C\SCNc1ccc(C(=O)N2[C@@H]3C[C@H]2CN(C(=O)C2(O)CCOCC2)C3)cn1)c1sc(C)nc1C. The Morgan fingerprint density at radius 1 is 1.32 bits per heavy atom. The molecular formula is C26H32N6O4S2. The van der Waals surface area contributed by atoms with Crippen molar-refractivity contribution in [2.75, 3.05) is 37.5 Å². The van der Waals surface area contributed by atoms with Crippen LogP contribution >= 0.6 is 23.1 Å². The third-order valence-corrected chi connectivity index (χ3v) is 9.08. The molecule has 2 aromatic heterocycles. The van der Waals surface area contributed by atoms with Crippen molar-refractivity contribution in [1.82, 2.24) is 19.8 Å².